The second kappa shape index (κ2) is 7.07. The van der Waals surface area contributed by atoms with Gasteiger partial charge in [-0.25, -0.2) is 0 Å². The lowest BCUT2D eigenvalue weighted by Crippen LogP contribution is -2.53. The second-order valence-corrected chi connectivity index (χ2v) is 7.25. The van der Waals surface area contributed by atoms with Crippen molar-refractivity contribution in [3.63, 3.8) is 0 Å². The molecule has 2 fully saturated rings. The molecule has 2 rings (SSSR count). The molecule has 1 amide bonds. The van der Waals surface area contributed by atoms with Crippen LogP contribution in [0.25, 0.3) is 0 Å². The fourth-order valence-corrected chi connectivity index (χ4v) is 3.28. The fourth-order valence-electron chi connectivity index (χ4n) is 3.28. The largest absolute Gasteiger partial charge is 0.379 e. The maximum atomic E-state index is 12.4. The second-order valence-electron chi connectivity index (χ2n) is 7.25. The van der Waals surface area contributed by atoms with E-state index in [2.05, 4.69) is 43.2 Å². The van der Waals surface area contributed by atoms with Gasteiger partial charge in [0.15, 0.2) is 0 Å². The van der Waals surface area contributed by atoms with Gasteiger partial charge in [0.1, 0.15) is 0 Å². The molecule has 0 aromatic rings. The standard InChI is InChI=1S/C16H31N3O2/c1-5-17-14-11-21-10-13(14)15(20)18-12-6-8-19(9-7-12)16(2,3)4/h12-14,17H,5-11H2,1-4H3,(H,18,20). The lowest BCUT2D eigenvalue weighted by atomic mass is 9.96. The zero-order valence-electron chi connectivity index (χ0n) is 13.9. The summed E-state index contributed by atoms with van der Waals surface area (Å²) in [4.78, 5) is 14.9. The first-order valence-electron chi connectivity index (χ1n) is 8.28. The van der Waals surface area contributed by atoms with E-state index in [4.69, 9.17) is 4.74 Å². The van der Waals surface area contributed by atoms with Crippen LogP contribution >= 0.6 is 0 Å². The molecule has 2 aliphatic heterocycles. The summed E-state index contributed by atoms with van der Waals surface area (Å²) in [7, 11) is 0. The predicted molar refractivity (Wildman–Crippen MR) is 84.3 cm³/mol. The van der Waals surface area contributed by atoms with Crippen LogP contribution < -0.4 is 10.6 Å². The van der Waals surface area contributed by atoms with Crippen LogP contribution in [0.5, 0.6) is 0 Å². The van der Waals surface area contributed by atoms with Crippen molar-refractivity contribution in [1.82, 2.24) is 15.5 Å². The maximum absolute atomic E-state index is 12.4. The van der Waals surface area contributed by atoms with Gasteiger partial charge in [0.2, 0.25) is 5.91 Å². The first kappa shape index (κ1) is 16.7. The molecule has 2 heterocycles. The molecule has 122 valence electrons. The van der Waals surface area contributed by atoms with Crippen LogP contribution in [0.2, 0.25) is 0 Å². The number of ether oxygens (including phenoxy) is 1. The Hall–Kier alpha value is -0.650. The van der Waals surface area contributed by atoms with Crippen LogP contribution in [0.4, 0.5) is 0 Å². The molecule has 0 aromatic heterocycles. The van der Waals surface area contributed by atoms with Crippen LogP contribution in [-0.4, -0.2) is 61.3 Å². The van der Waals surface area contributed by atoms with Crippen LogP contribution in [-0.2, 0) is 9.53 Å². The van der Waals surface area contributed by atoms with Gasteiger partial charge in [-0.3, -0.25) is 9.69 Å². The van der Waals surface area contributed by atoms with E-state index in [0.717, 1.165) is 32.5 Å². The molecule has 2 unspecified atom stereocenters. The molecule has 0 radical (unpaired) electrons. The normalized spacial score (nSPS) is 28.8. The summed E-state index contributed by atoms with van der Waals surface area (Å²) >= 11 is 0. The van der Waals surface area contributed by atoms with Gasteiger partial charge in [0.25, 0.3) is 0 Å². The Balaban J connectivity index is 1.79. The van der Waals surface area contributed by atoms with Crippen molar-refractivity contribution in [2.24, 2.45) is 5.92 Å². The minimum absolute atomic E-state index is 0.0365. The minimum atomic E-state index is -0.0365. The number of nitrogens with one attached hydrogen (secondary N) is 2. The number of carbonyl (C=O) groups excluding carboxylic acids is 1. The van der Waals surface area contributed by atoms with Crippen LogP contribution in [0.1, 0.15) is 40.5 Å². The average molecular weight is 297 g/mol. The van der Waals surface area contributed by atoms with Gasteiger partial charge in [-0.05, 0) is 40.2 Å². The van der Waals surface area contributed by atoms with Crippen LogP contribution in [0.15, 0.2) is 0 Å². The number of hydrogen-bond donors (Lipinski definition) is 2. The Morgan fingerprint density at radius 2 is 1.90 bits per heavy atom. The van der Waals surface area contributed by atoms with Crippen LogP contribution in [0.3, 0.4) is 0 Å². The number of likely N-dealkylation sites (tertiary alicyclic amines) is 1. The Morgan fingerprint density at radius 1 is 1.24 bits per heavy atom. The highest BCUT2D eigenvalue weighted by atomic mass is 16.5. The lowest BCUT2D eigenvalue weighted by Gasteiger charge is -2.41. The maximum Gasteiger partial charge on any atom is 0.227 e. The number of piperidine rings is 1. The van der Waals surface area contributed by atoms with E-state index in [1.54, 1.807) is 0 Å². The van der Waals surface area contributed by atoms with Gasteiger partial charge in [0, 0.05) is 30.7 Å². The summed E-state index contributed by atoms with van der Waals surface area (Å²) in [5, 5.41) is 6.58. The minimum Gasteiger partial charge on any atom is -0.379 e. The van der Waals surface area contributed by atoms with Gasteiger partial charge >= 0.3 is 0 Å². The zero-order valence-corrected chi connectivity index (χ0v) is 13.9. The van der Waals surface area contributed by atoms with E-state index in [0.29, 0.717) is 19.3 Å². The van der Waals surface area contributed by atoms with Gasteiger partial charge in [0.05, 0.1) is 19.1 Å². The monoisotopic (exact) mass is 297 g/mol. The summed E-state index contributed by atoms with van der Waals surface area (Å²) in [6.07, 6.45) is 2.09. The van der Waals surface area contributed by atoms with Crippen LogP contribution in [0, 0.1) is 5.92 Å². The SMILES string of the molecule is CCNC1COCC1C(=O)NC1CCN(C(C)(C)C)CC1. The summed E-state index contributed by atoms with van der Waals surface area (Å²) in [6, 6.07) is 0.489. The summed E-state index contributed by atoms with van der Waals surface area (Å²) < 4.78 is 5.46. The first-order valence-corrected chi connectivity index (χ1v) is 8.28. The quantitative estimate of drug-likeness (QED) is 0.812. The number of nitrogens with zero attached hydrogens (tertiary/aromatic N) is 1. The third kappa shape index (κ3) is 4.41. The zero-order chi connectivity index (χ0) is 15.5. The smallest absolute Gasteiger partial charge is 0.227 e. The van der Waals surface area contributed by atoms with Crippen molar-refractivity contribution in [2.75, 3.05) is 32.8 Å². The van der Waals surface area contributed by atoms with Crippen molar-refractivity contribution >= 4 is 5.91 Å². The first-order chi connectivity index (χ1) is 9.91. The third-order valence-electron chi connectivity index (χ3n) is 4.67. The van der Waals surface area contributed by atoms with Crippen molar-refractivity contribution in [3.8, 4) is 0 Å². The van der Waals surface area contributed by atoms with E-state index in [-0.39, 0.29) is 23.4 Å². The Kier molecular flexibility index (Phi) is 5.63. The molecule has 0 saturated carbocycles. The Labute approximate surface area is 128 Å². The average Bonchev–Trinajstić information content (AvgIpc) is 2.87. The van der Waals surface area contributed by atoms with Crippen molar-refractivity contribution in [3.05, 3.63) is 0 Å². The summed E-state index contributed by atoms with van der Waals surface area (Å²) in [6.45, 7) is 13.0. The van der Waals surface area contributed by atoms with E-state index >= 15 is 0 Å². The summed E-state index contributed by atoms with van der Waals surface area (Å²) in [5.41, 5.74) is 0.227. The third-order valence-corrected chi connectivity index (χ3v) is 4.67. The van der Waals surface area contributed by atoms with Gasteiger partial charge < -0.3 is 15.4 Å². The van der Waals surface area contributed by atoms with Crippen molar-refractivity contribution in [1.29, 1.82) is 0 Å². The number of carbonyl (C=O) groups is 1. The molecule has 2 saturated heterocycles. The number of hydrogen-bond acceptors (Lipinski definition) is 4. The van der Waals surface area contributed by atoms with Crippen molar-refractivity contribution < 1.29 is 9.53 Å². The topological polar surface area (TPSA) is 53.6 Å². The molecule has 0 spiro atoms. The Morgan fingerprint density at radius 3 is 2.48 bits per heavy atom. The Bertz CT molecular complexity index is 346. The number of likely N-dealkylation sites (N-methyl/N-ethyl adjacent to an activating group) is 1. The summed E-state index contributed by atoms with van der Waals surface area (Å²) in [5.74, 6) is 0.123. The lowest BCUT2D eigenvalue weighted by molar-refractivity contribution is -0.126. The molecule has 2 N–H and O–H groups in total. The molecule has 0 bridgehead atoms. The molecule has 0 aliphatic carbocycles. The predicted octanol–water partition coefficient (Wildman–Crippen LogP) is 0.990. The molecule has 5 nitrogen and oxygen atoms in total. The van der Waals surface area contributed by atoms with Gasteiger partial charge in [-0.1, -0.05) is 6.92 Å². The highest BCUT2D eigenvalue weighted by Crippen LogP contribution is 2.21. The van der Waals surface area contributed by atoms with E-state index in [9.17, 15) is 4.79 Å². The van der Waals surface area contributed by atoms with Crippen molar-refractivity contribution in [2.45, 2.75) is 58.2 Å². The van der Waals surface area contributed by atoms with Gasteiger partial charge in [-0.2, -0.15) is 0 Å². The molecule has 21 heavy (non-hydrogen) atoms. The highest BCUT2D eigenvalue weighted by Gasteiger charge is 2.35. The number of amides is 1. The molecular weight excluding hydrogens is 266 g/mol. The van der Waals surface area contributed by atoms with E-state index in [1.165, 1.54) is 0 Å². The molecule has 2 atom stereocenters. The molecular formula is C16H31N3O2. The number of rotatable bonds is 4. The molecule has 0 aromatic carbocycles. The highest BCUT2D eigenvalue weighted by molar-refractivity contribution is 5.80. The molecule has 2 aliphatic rings. The van der Waals surface area contributed by atoms with E-state index in [1.807, 2.05) is 0 Å². The molecule has 5 heteroatoms. The van der Waals surface area contributed by atoms with E-state index < -0.39 is 0 Å². The van der Waals surface area contributed by atoms with Gasteiger partial charge in [-0.15, -0.1) is 0 Å². The fraction of sp³-hybridized carbons (Fsp3) is 0.938.